The number of aromatic nitrogens is 3. The highest BCUT2D eigenvalue weighted by Gasteiger charge is 2.35. The fourth-order valence-corrected chi connectivity index (χ4v) is 3.30. The van der Waals surface area contributed by atoms with E-state index >= 15 is 0 Å². The Morgan fingerprint density at radius 2 is 1.96 bits per heavy atom. The van der Waals surface area contributed by atoms with Gasteiger partial charge in [-0.05, 0) is 29.7 Å². The van der Waals surface area contributed by atoms with Crippen LogP contribution in [0.25, 0.3) is 15.8 Å². The molecule has 0 fully saturated rings. The van der Waals surface area contributed by atoms with Gasteiger partial charge < -0.3 is 5.11 Å². The zero-order valence-electron chi connectivity index (χ0n) is 13.1. The van der Waals surface area contributed by atoms with Crippen molar-refractivity contribution in [2.45, 2.75) is 12.6 Å². The summed E-state index contributed by atoms with van der Waals surface area (Å²) in [5, 5.41) is 9.33. The Balaban J connectivity index is 2.24. The van der Waals surface area contributed by atoms with Gasteiger partial charge in [-0.1, -0.05) is 0 Å². The second-order valence-corrected chi connectivity index (χ2v) is 6.23. The maximum Gasteiger partial charge on any atom is 0.431 e. The van der Waals surface area contributed by atoms with Crippen LogP contribution < -0.4 is 11.2 Å². The number of halogens is 3. The Bertz CT molecular complexity index is 1140. The average molecular weight is 385 g/mol. The van der Waals surface area contributed by atoms with Gasteiger partial charge in [0, 0.05) is 18.5 Å². The SMILES string of the molecule is Cn1c(C(F)(F)F)cc(=O)n(-c2ccc3snc(CC(=O)O)c3c2)c1=O. The van der Waals surface area contributed by atoms with Crippen LogP contribution in [0.2, 0.25) is 0 Å². The van der Waals surface area contributed by atoms with Crippen LogP contribution in [0.5, 0.6) is 0 Å². The minimum atomic E-state index is -4.85. The first-order valence-electron chi connectivity index (χ1n) is 7.10. The Kier molecular flexibility index (Phi) is 4.18. The third-order valence-electron chi connectivity index (χ3n) is 3.72. The van der Waals surface area contributed by atoms with Crippen LogP contribution in [0.15, 0.2) is 33.9 Å². The first-order valence-corrected chi connectivity index (χ1v) is 7.87. The molecule has 0 spiro atoms. The molecule has 0 atom stereocenters. The van der Waals surface area contributed by atoms with E-state index in [1.165, 1.54) is 18.2 Å². The van der Waals surface area contributed by atoms with E-state index < -0.39 is 29.1 Å². The first-order chi connectivity index (χ1) is 12.1. The van der Waals surface area contributed by atoms with E-state index in [4.69, 9.17) is 5.11 Å². The minimum absolute atomic E-state index is 0.0312. The molecule has 11 heteroatoms. The fourth-order valence-electron chi connectivity index (χ4n) is 2.52. The van der Waals surface area contributed by atoms with Gasteiger partial charge in [-0.25, -0.2) is 9.36 Å². The summed E-state index contributed by atoms with van der Waals surface area (Å²) in [5.41, 5.74) is -3.37. The van der Waals surface area contributed by atoms with Gasteiger partial charge >= 0.3 is 17.8 Å². The fraction of sp³-hybridized carbons (Fsp3) is 0.200. The van der Waals surface area contributed by atoms with Crippen LogP contribution in [0, 0.1) is 0 Å². The van der Waals surface area contributed by atoms with E-state index in [-0.39, 0.29) is 17.8 Å². The third-order valence-corrected chi connectivity index (χ3v) is 4.58. The molecule has 0 saturated heterocycles. The van der Waals surface area contributed by atoms with Gasteiger partial charge in [0.2, 0.25) is 0 Å². The van der Waals surface area contributed by atoms with Gasteiger partial charge in [0.1, 0.15) is 5.69 Å². The van der Waals surface area contributed by atoms with Crippen LogP contribution in [0.3, 0.4) is 0 Å². The normalized spacial score (nSPS) is 11.8. The summed E-state index contributed by atoms with van der Waals surface area (Å²) in [6.07, 6.45) is -5.20. The van der Waals surface area contributed by atoms with Crippen molar-refractivity contribution in [1.29, 1.82) is 0 Å². The number of carboxylic acid groups (broad SMARTS) is 1. The maximum atomic E-state index is 12.9. The summed E-state index contributed by atoms with van der Waals surface area (Å²) in [4.78, 5) is 35.4. The number of rotatable bonds is 3. The van der Waals surface area contributed by atoms with Crippen LogP contribution in [0.1, 0.15) is 11.4 Å². The summed E-state index contributed by atoms with van der Waals surface area (Å²) in [5.74, 6) is -1.11. The molecule has 1 N–H and O–H groups in total. The Morgan fingerprint density at radius 1 is 1.27 bits per heavy atom. The van der Waals surface area contributed by atoms with Crippen LogP contribution >= 0.6 is 11.5 Å². The Labute approximate surface area is 146 Å². The molecule has 3 aromatic rings. The molecule has 7 nitrogen and oxygen atoms in total. The monoisotopic (exact) mass is 385 g/mol. The number of carboxylic acids is 1. The lowest BCUT2D eigenvalue weighted by molar-refractivity contribution is -0.144. The molecule has 0 unspecified atom stereocenters. The van der Waals surface area contributed by atoms with Crippen LogP contribution in [0.4, 0.5) is 13.2 Å². The van der Waals surface area contributed by atoms with Crippen molar-refractivity contribution in [1.82, 2.24) is 13.5 Å². The highest BCUT2D eigenvalue weighted by Crippen LogP contribution is 2.28. The van der Waals surface area contributed by atoms with E-state index in [9.17, 15) is 27.6 Å². The summed E-state index contributed by atoms with van der Waals surface area (Å²) < 4.78 is 44.3. The Hall–Kier alpha value is -2.95. The quantitative estimate of drug-likeness (QED) is 0.742. The van der Waals surface area contributed by atoms with Gasteiger partial charge in [0.25, 0.3) is 5.56 Å². The smallest absolute Gasteiger partial charge is 0.431 e. The standard InChI is InChI=1S/C15H10F3N3O4S/c1-20-11(15(16,17)18)6-12(22)21(14(20)25)7-2-3-10-8(4-7)9(19-26-10)5-13(23)24/h2-4,6H,5H2,1H3,(H,23,24). The lowest BCUT2D eigenvalue weighted by Gasteiger charge is -2.14. The van der Waals surface area contributed by atoms with Gasteiger partial charge in [0.15, 0.2) is 0 Å². The van der Waals surface area contributed by atoms with Crippen molar-refractivity contribution >= 4 is 27.6 Å². The van der Waals surface area contributed by atoms with Crippen molar-refractivity contribution in [2.24, 2.45) is 7.05 Å². The number of carbonyl (C=O) groups is 1. The predicted octanol–water partition coefficient (Wildman–Crippen LogP) is 1.79. The third kappa shape index (κ3) is 3.01. The number of hydrogen-bond acceptors (Lipinski definition) is 5. The topological polar surface area (TPSA) is 94.2 Å². The number of aliphatic carboxylic acids is 1. The molecule has 2 aromatic heterocycles. The molecule has 0 amide bonds. The number of hydrogen-bond donors (Lipinski definition) is 1. The van der Waals surface area contributed by atoms with Crippen molar-refractivity contribution < 1.29 is 23.1 Å². The summed E-state index contributed by atoms with van der Waals surface area (Å²) in [7, 11) is 0.918. The predicted molar refractivity (Wildman–Crippen MR) is 86.8 cm³/mol. The van der Waals surface area contributed by atoms with Gasteiger partial charge in [-0.15, -0.1) is 0 Å². The summed E-state index contributed by atoms with van der Waals surface area (Å²) in [6, 6.07) is 4.63. The lowest BCUT2D eigenvalue weighted by Crippen LogP contribution is -2.40. The second-order valence-electron chi connectivity index (χ2n) is 5.42. The van der Waals surface area contributed by atoms with E-state index in [2.05, 4.69) is 4.37 Å². The highest BCUT2D eigenvalue weighted by molar-refractivity contribution is 7.13. The zero-order chi connectivity index (χ0) is 19.2. The van der Waals surface area contributed by atoms with Crippen molar-refractivity contribution in [3.63, 3.8) is 0 Å². The largest absolute Gasteiger partial charge is 0.481 e. The van der Waals surface area contributed by atoms with E-state index in [0.717, 1.165) is 18.6 Å². The van der Waals surface area contributed by atoms with Crippen LogP contribution in [-0.2, 0) is 24.4 Å². The van der Waals surface area contributed by atoms with Gasteiger partial charge in [0.05, 0.1) is 22.5 Å². The first kappa shape index (κ1) is 17.9. The highest BCUT2D eigenvalue weighted by atomic mass is 32.1. The molecular weight excluding hydrogens is 375 g/mol. The van der Waals surface area contributed by atoms with Gasteiger partial charge in [-0.2, -0.15) is 17.5 Å². The molecule has 0 aliphatic heterocycles. The van der Waals surface area contributed by atoms with E-state index in [1.807, 2.05) is 0 Å². The molecular formula is C15H10F3N3O4S. The number of alkyl halides is 3. The van der Waals surface area contributed by atoms with E-state index in [1.54, 1.807) is 0 Å². The van der Waals surface area contributed by atoms with Crippen LogP contribution in [-0.4, -0.2) is 24.6 Å². The maximum absolute atomic E-state index is 12.9. The molecule has 1 aromatic carbocycles. The molecule has 3 rings (SSSR count). The molecule has 0 saturated carbocycles. The zero-order valence-corrected chi connectivity index (χ0v) is 13.9. The number of fused-ring (bicyclic) bond motifs is 1. The van der Waals surface area contributed by atoms with Crippen molar-refractivity contribution in [2.75, 3.05) is 0 Å². The van der Waals surface area contributed by atoms with Gasteiger partial charge in [-0.3, -0.25) is 14.2 Å². The minimum Gasteiger partial charge on any atom is -0.481 e. The summed E-state index contributed by atoms with van der Waals surface area (Å²) in [6.45, 7) is 0. The molecule has 136 valence electrons. The average Bonchev–Trinajstić information content (AvgIpc) is 2.92. The molecule has 0 radical (unpaired) electrons. The molecule has 0 aliphatic carbocycles. The molecule has 0 bridgehead atoms. The molecule has 26 heavy (non-hydrogen) atoms. The summed E-state index contributed by atoms with van der Waals surface area (Å²) >= 11 is 1.04. The second kappa shape index (κ2) is 6.09. The number of benzene rings is 1. The van der Waals surface area contributed by atoms with E-state index in [0.29, 0.717) is 25.3 Å². The van der Waals surface area contributed by atoms with Crippen molar-refractivity contribution in [3.05, 3.63) is 56.5 Å². The van der Waals surface area contributed by atoms with Crippen molar-refractivity contribution in [3.8, 4) is 5.69 Å². The lowest BCUT2D eigenvalue weighted by atomic mass is 10.1. The Morgan fingerprint density at radius 3 is 2.58 bits per heavy atom. The molecule has 2 heterocycles. The number of nitrogens with zero attached hydrogens (tertiary/aromatic N) is 3. The molecule has 0 aliphatic rings.